The highest BCUT2D eigenvalue weighted by Crippen LogP contribution is 2.41. The minimum Gasteiger partial charge on any atom is -0.391 e. The lowest BCUT2D eigenvalue weighted by Crippen LogP contribution is -2.37. The number of nitrogens with zero attached hydrogens (tertiary/aromatic N) is 12. The molecule has 117 heavy (non-hydrogen) atoms. The minimum absolute atomic E-state index is 0.0980. The summed E-state index contributed by atoms with van der Waals surface area (Å²) >= 11 is 0. The number of alkyl halides is 9. The summed E-state index contributed by atoms with van der Waals surface area (Å²) in [4.78, 5) is 70.8. The van der Waals surface area contributed by atoms with Gasteiger partial charge in [0.2, 0.25) is 0 Å². The summed E-state index contributed by atoms with van der Waals surface area (Å²) in [5.74, 6) is 3.61. The predicted octanol–water partition coefficient (Wildman–Crippen LogP) is 13.6. The number of anilines is 9. The van der Waals surface area contributed by atoms with Gasteiger partial charge < -0.3 is 89.6 Å². The van der Waals surface area contributed by atoms with E-state index >= 15 is 0 Å². The number of rotatable bonds is 15. The summed E-state index contributed by atoms with van der Waals surface area (Å²) in [5, 5.41) is 39.7. The van der Waals surface area contributed by atoms with Crippen LogP contribution in [0.4, 0.5) is 106 Å². The summed E-state index contributed by atoms with van der Waals surface area (Å²) < 4.78 is 132. The van der Waals surface area contributed by atoms with E-state index in [-0.39, 0.29) is 55.5 Å². The van der Waals surface area contributed by atoms with Crippen molar-refractivity contribution in [1.82, 2.24) is 29.7 Å². The lowest BCUT2D eigenvalue weighted by atomic mass is 10.00. The van der Waals surface area contributed by atoms with Crippen molar-refractivity contribution < 1.29 is 83.4 Å². The highest BCUT2D eigenvalue weighted by Gasteiger charge is 2.41. The fraction of sp³-hybridized carbons (Fsp3) is 0.571. The van der Waals surface area contributed by atoms with Crippen LogP contribution in [0, 0.1) is 56.3 Å². The second-order valence-corrected chi connectivity index (χ2v) is 33.0. The molecule has 15 rings (SSSR count). The van der Waals surface area contributed by atoms with Crippen LogP contribution in [0.2, 0.25) is 0 Å². The Kier molecular flexibility index (Phi) is 27.1. The highest BCUT2D eigenvalue weighted by atomic mass is 19.4. The lowest BCUT2D eigenvalue weighted by Gasteiger charge is -2.29. The van der Waals surface area contributed by atoms with Crippen molar-refractivity contribution in [1.29, 1.82) is 0 Å². The van der Waals surface area contributed by atoms with E-state index in [1.165, 1.54) is 14.7 Å². The Bertz CT molecular complexity index is 3970. The number of amides is 6. The van der Waals surface area contributed by atoms with Crippen LogP contribution in [0.3, 0.4) is 0 Å². The van der Waals surface area contributed by atoms with Gasteiger partial charge >= 0.3 is 36.6 Å². The topological polar surface area (TPSA) is 244 Å². The maximum atomic E-state index is 12.9. The van der Waals surface area contributed by atoms with Gasteiger partial charge in [0.05, 0.1) is 58.0 Å². The second kappa shape index (κ2) is 37.0. The molecule has 6 aromatic rings. The van der Waals surface area contributed by atoms with Crippen molar-refractivity contribution in [2.24, 2.45) is 35.5 Å². The molecule has 33 heteroatoms. The Hall–Kier alpha value is -9.15. The highest BCUT2D eigenvalue weighted by molar-refractivity contribution is 5.93. The van der Waals surface area contributed by atoms with Gasteiger partial charge in [-0.3, -0.25) is 0 Å². The van der Waals surface area contributed by atoms with Crippen molar-refractivity contribution in [3.05, 3.63) is 108 Å². The molecule has 0 bridgehead atoms. The number of pyridine rings is 3. The smallest absolute Gasteiger partial charge is 0.389 e. The molecular weight excluding hydrogens is 1530 g/mol. The number of nitrogens with one attached hydrogen (secondary N) is 3. The molecule has 6 N–H and O–H groups in total. The Labute approximate surface area is 676 Å². The Morgan fingerprint density at radius 2 is 0.598 bits per heavy atom. The molecule has 12 heterocycles. The molecule has 3 aromatic heterocycles. The van der Waals surface area contributed by atoms with Gasteiger partial charge in [-0.25, -0.2) is 29.3 Å². The zero-order valence-corrected chi connectivity index (χ0v) is 67.1. The number of benzene rings is 3. The molecule has 6 amide bonds. The van der Waals surface area contributed by atoms with Crippen LogP contribution >= 0.6 is 0 Å². The molecule has 0 spiro atoms. The van der Waals surface area contributed by atoms with E-state index in [4.69, 9.17) is 29.2 Å². The van der Waals surface area contributed by atoms with Crippen LogP contribution < -0.4 is 45.3 Å². The van der Waals surface area contributed by atoms with Gasteiger partial charge in [-0.05, 0) is 181 Å². The van der Waals surface area contributed by atoms with E-state index in [1.54, 1.807) is 0 Å². The third-order valence-corrected chi connectivity index (χ3v) is 23.8. The van der Waals surface area contributed by atoms with Crippen molar-refractivity contribution in [3.8, 4) is 33.4 Å². The number of carbonyl (C=O) groups excluding carboxylic acids is 3. The van der Waals surface area contributed by atoms with E-state index in [0.717, 1.165) is 124 Å². The van der Waals surface area contributed by atoms with Crippen molar-refractivity contribution in [2.75, 3.05) is 203 Å². The largest absolute Gasteiger partial charge is 0.391 e. The first kappa shape index (κ1) is 85.7. The molecule has 9 saturated heterocycles. The SMILES string of the molecule is Cc1ccc(NC(=O)N2CC[C@@H](CC(F)(F)F)C2)cc1-c1cc(N2CCOCC2)nc(N2C[C@@H](C)[C@H](O)C2)c1.Cc1ccc(NC(=O)N2CC[C@@H](CC(F)(F)F)C2)cc1-c1cc(N2CCOCC2)nc(N2C[C@@H](C)[C@H](O)C2)c1.Cc1ccc(NC(=O)N2CC[C@@H](CC(F)(F)F)C2)cc1-c1cc(N2CCOCC2)nc(N2C[C@H](C)[C@@H](O)C2)c1. The summed E-state index contributed by atoms with van der Waals surface area (Å²) in [5.41, 5.74) is 10.4. The standard InChI is InChI=1S/3C28H36F3N5O3/c3*1-18-3-4-22(32-27(38)35-6-5-20(16-35)14-28(29,30)31)13-23(18)21-11-25(34-7-9-39-10-8-34)33-26(12-21)36-15-19(2)24(37)17-36/h3*3-4,11-13,19-20,24,37H,5-10,14-17H2,1-2H3,(H,32,38)/t2*19-,20+,24-;19-,20-,24-/m110/s1. The first-order valence-electron chi connectivity index (χ1n) is 40.7. The van der Waals surface area contributed by atoms with Crippen molar-refractivity contribution >= 4 is 70.1 Å². The number of carbonyl (C=O) groups is 3. The molecule has 24 nitrogen and oxygen atoms in total. The average Bonchev–Trinajstić information content (AvgIpc) is 1.78. The van der Waals surface area contributed by atoms with Gasteiger partial charge in [-0.2, -0.15) is 39.5 Å². The quantitative estimate of drug-likeness (QED) is 0.0524. The number of ether oxygens (including phenoxy) is 3. The number of aliphatic hydroxyl groups is 3. The number of hydrogen-bond acceptors (Lipinski definition) is 18. The summed E-state index contributed by atoms with van der Waals surface area (Å²) in [6, 6.07) is 27.9. The number of hydrogen-bond donors (Lipinski definition) is 6. The molecule has 0 aliphatic carbocycles. The molecule has 9 atom stereocenters. The van der Waals surface area contributed by atoms with Crippen LogP contribution in [-0.2, 0) is 14.2 Å². The Balaban J connectivity index is 0.000000152. The Morgan fingerprint density at radius 1 is 0.359 bits per heavy atom. The van der Waals surface area contributed by atoms with Gasteiger partial charge in [-0.1, -0.05) is 39.0 Å². The molecule has 0 saturated carbocycles. The second-order valence-electron chi connectivity index (χ2n) is 33.0. The van der Waals surface area contributed by atoms with Gasteiger partial charge in [0.25, 0.3) is 0 Å². The van der Waals surface area contributed by atoms with E-state index < -0.39 is 73.9 Å². The molecule has 636 valence electrons. The first-order chi connectivity index (χ1) is 55.7. The minimum atomic E-state index is -4.22. The number of aryl methyl sites for hydroxylation is 3. The van der Waals surface area contributed by atoms with Gasteiger partial charge in [0.15, 0.2) is 0 Å². The average molecular weight is 1640 g/mol. The number of urea groups is 3. The molecule has 0 radical (unpaired) electrons. The van der Waals surface area contributed by atoms with E-state index in [2.05, 4.69) is 45.3 Å². The fourth-order valence-electron chi connectivity index (χ4n) is 16.9. The summed E-state index contributed by atoms with van der Waals surface area (Å²) in [7, 11) is 0. The number of aliphatic hydroxyl groups excluding tert-OH is 3. The molecule has 3 aromatic carbocycles. The third kappa shape index (κ3) is 22.6. The molecule has 0 unspecified atom stereocenters. The van der Waals surface area contributed by atoms with Crippen LogP contribution in [0.5, 0.6) is 0 Å². The van der Waals surface area contributed by atoms with E-state index in [1.807, 2.05) is 133 Å². The first-order valence-corrected chi connectivity index (χ1v) is 40.7. The zero-order valence-electron chi connectivity index (χ0n) is 67.1. The van der Waals surface area contributed by atoms with Crippen molar-refractivity contribution in [2.45, 2.75) is 117 Å². The summed E-state index contributed by atoms with van der Waals surface area (Å²) in [6.45, 7) is 25.1. The monoisotopic (exact) mass is 1640 g/mol. The normalized spacial score (nSPS) is 23.9. The van der Waals surface area contributed by atoms with Crippen molar-refractivity contribution in [3.63, 3.8) is 0 Å². The maximum Gasteiger partial charge on any atom is 0.389 e. The van der Waals surface area contributed by atoms with Crippen LogP contribution in [0.1, 0.15) is 76.0 Å². The molecular formula is C84H108F9N15O9. The number of likely N-dealkylation sites (tertiary alicyclic amines) is 3. The van der Waals surface area contributed by atoms with Gasteiger partial charge in [0, 0.05) is 172 Å². The third-order valence-electron chi connectivity index (χ3n) is 23.8. The number of β-amino-alcohol motifs (C(OH)–C–C–N with tert-alkyl or cyclic N) is 3. The molecule has 9 aliphatic heterocycles. The van der Waals surface area contributed by atoms with Gasteiger partial charge in [0.1, 0.15) is 34.9 Å². The zero-order chi connectivity index (χ0) is 83.2. The van der Waals surface area contributed by atoms with E-state index in [0.29, 0.717) is 135 Å². The maximum absolute atomic E-state index is 12.9. The fourth-order valence-corrected chi connectivity index (χ4v) is 16.9. The van der Waals surface area contributed by atoms with Gasteiger partial charge in [-0.15, -0.1) is 0 Å². The predicted molar refractivity (Wildman–Crippen MR) is 433 cm³/mol. The van der Waals surface area contributed by atoms with Crippen LogP contribution in [0.15, 0.2) is 91.0 Å². The number of aromatic nitrogens is 3. The molecule has 9 fully saturated rings. The summed E-state index contributed by atoms with van der Waals surface area (Å²) in [6.07, 6.45) is -15.5. The Morgan fingerprint density at radius 3 is 0.821 bits per heavy atom. The van der Waals surface area contributed by atoms with Crippen LogP contribution in [-0.4, -0.2) is 257 Å². The number of halogens is 9. The van der Waals surface area contributed by atoms with Crippen LogP contribution in [0.25, 0.3) is 33.4 Å². The number of morpholine rings is 3. The lowest BCUT2D eigenvalue weighted by molar-refractivity contribution is -0.144. The molecule has 9 aliphatic rings. The van der Waals surface area contributed by atoms with E-state index in [9.17, 15) is 69.2 Å².